The summed E-state index contributed by atoms with van der Waals surface area (Å²) in [6.07, 6.45) is 6.19. The van der Waals surface area contributed by atoms with Gasteiger partial charge >= 0.3 is 0 Å². The molecule has 1 aromatic heterocycles. The van der Waals surface area contributed by atoms with E-state index in [1.807, 2.05) is 11.6 Å². The predicted molar refractivity (Wildman–Crippen MR) is 80.0 cm³/mol. The van der Waals surface area contributed by atoms with Gasteiger partial charge in [0, 0.05) is 31.5 Å². The Morgan fingerprint density at radius 3 is 2.75 bits per heavy atom. The SMILES string of the molecule is CCCn1cc(S(=O)(=O)NCCC2CC2)cc1CNC. The summed E-state index contributed by atoms with van der Waals surface area (Å²) < 4.78 is 29.3. The zero-order chi connectivity index (χ0) is 14.6. The maximum atomic E-state index is 12.3. The van der Waals surface area contributed by atoms with Crippen molar-refractivity contribution in [3.8, 4) is 0 Å². The molecule has 0 amide bonds. The highest BCUT2D eigenvalue weighted by Gasteiger charge is 2.23. The predicted octanol–water partition coefficient (Wildman–Crippen LogP) is 1.70. The lowest BCUT2D eigenvalue weighted by Crippen LogP contribution is -2.24. The molecule has 0 bridgehead atoms. The zero-order valence-corrected chi connectivity index (χ0v) is 13.2. The van der Waals surface area contributed by atoms with E-state index in [2.05, 4.69) is 17.0 Å². The van der Waals surface area contributed by atoms with E-state index in [1.54, 1.807) is 12.3 Å². The summed E-state index contributed by atoms with van der Waals surface area (Å²) in [6, 6.07) is 1.77. The van der Waals surface area contributed by atoms with E-state index in [-0.39, 0.29) is 0 Å². The van der Waals surface area contributed by atoms with Crippen LogP contribution in [0.1, 0.15) is 38.3 Å². The molecular formula is C14H25N3O2S. The zero-order valence-electron chi connectivity index (χ0n) is 12.4. The van der Waals surface area contributed by atoms with Crippen molar-refractivity contribution in [2.75, 3.05) is 13.6 Å². The van der Waals surface area contributed by atoms with Gasteiger partial charge in [0.25, 0.3) is 0 Å². The minimum Gasteiger partial charge on any atom is -0.349 e. The van der Waals surface area contributed by atoms with Crippen LogP contribution >= 0.6 is 0 Å². The molecule has 0 radical (unpaired) electrons. The van der Waals surface area contributed by atoms with E-state index in [9.17, 15) is 8.42 Å². The summed E-state index contributed by atoms with van der Waals surface area (Å²) in [6.45, 7) is 4.16. The Hall–Kier alpha value is -0.850. The van der Waals surface area contributed by atoms with Gasteiger partial charge in [-0.25, -0.2) is 13.1 Å². The van der Waals surface area contributed by atoms with E-state index in [0.717, 1.165) is 31.0 Å². The molecule has 1 aromatic rings. The van der Waals surface area contributed by atoms with Crippen LogP contribution in [0.3, 0.4) is 0 Å². The molecule has 0 aliphatic heterocycles. The van der Waals surface area contributed by atoms with E-state index in [0.29, 0.717) is 18.0 Å². The Morgan fingerprint density at radius 2 is 2.15 bits per heavy atom. The van der Waals surface area contributed by atoms with Gasteiger partial charge in [-0.15, -0.1) is 0 Å². The molecule has 0 unspecified atom stereocenters. The summed E-state index contributed by atoms with van der Waals surface area (Å²) in [5, 5.41) is 3.08. The molecule has 1 saturated carbocycles. The third kappa shape index (κ3) is 4.07. The second-order valence-corrected chi connectivity index (χ2v) is 7.29. The van der Waals surface area contributed by atoms with E-state index in [4.69, 9.17) is 0 Å². The quantitative estimate of drug-likeness (QED) is 0.729. The Kier molecular flexibility index (Phi) is 5.23. The fraction of sp³-hybridized carbons (Fsp3) is 0.714. The molecule has 0 atom stereocenters. The van der Waals surface area contributed by atoms with Crippen molar-refractivity contribution >= 4 is 10.0 Å². The summed E-state index contributed by atoms with van der Waals surface area (Å²) in [7, 11) is -1.50. The van der Waals surface area contributed by atoms with E-state index in [1.165, 1.54) is 12.8 Å². The molecule has 20 heavy (non-hydrogen) atoms. The first-order valence-electron chi connectivity index (χ1n) is 7.40. The fourth-order valence-corrected chi connectivity index (χ4v) is 3.45. The minimum absolute atomic E-state index is 0.381. The Labute approximate surface area is 121 Å². The molecule has 114 valence electrons. The van der Waals surface area contributed by atoms with Crippen molar-refractivity contribution in [2.24, 2.45) is 5.92 Å². The molecule has 0 aromatic carbocycles. The smallest absolute Gasteiger partial charge is 0.242 e. The number of sulfonamides is 1. The number of rotatable bonds is 9. The normalized spacial score (nSPS) is 15.7. The van der Waals surface area contributed by atoms with Crippen LogP contribution < -0.4 is 10.0 Å². The Morgan fingerprint density at radius 1 is 1.40 bits per heavy atom. The van der Waals surface area contributed by atoms with Gasteiger partial charge in [-0.3, -0.25) is 0 Å². The highest BCUT2D eigenvalue weighted by atomic mass is 32.2. The summed E-state index contributed by atoms with van der Waals surface area (Å²) in [5.41, 5.74) is 1.01. The lowest BCUT2D eigenvalue weighted by atomic mass is 10.3. The maximum Gasteiger partial charge on any atom is 0.242 e. The maximum absolute atomic E-state index is 12.3. The second-order valence-electron chi connectivity index (χ2n) is 5.52. The first-order valence-corrected chi connectivity index (χ1v) is 8.88. The minimum atomic E-state index is -3.37. The van der Waals surface area contributed by atoms with Gasteiger partial charge < -0.3 is 9.88 Å². The molecule has 0 spiro atoms. The van der Waals surface area contributed by atoms with Crippen LogP contribution in [0.5, 0.6) is 0 Å². The van der Waals surface area contributed by atoms with Gasteiger partial charge in [0.1, 0.15) is 0 Å². The average Bonchev–Trinajstić information content (AvgIpc) is 3.12. The number of hydrogen-bond acceptors (Lipinski definition) is 3. The van der Waals surface area contributed by atoms with Crippen LogP contribution in [-0.2, 0) is 23.1 Å². The van der Waals surface area contributed by atoms with E-state index < -0.39 is 10.0 Å². The van der Waals surface area contributed by atoms with Crippen LogP contribution in [-0.4, -0.2) is 26.6 Å². The van der Waals surface area contributed by atoms with Crippen LogP contribution in [0.2, 0.25) is 0 Å². The Balaban J connectivity index is 2.06. The van der Waals surface area contributed by atoms with Crippen molar-refractivity contribution in [3.63, 3.8) is 0 Å². The number of hydrogen-bond donors (Lipinski definition) is 2. The lowest BCUT2D eigenvalue weighted by molar-refractivity contribution is 0.574. The van der Waals surface area contributed by atoms with Crippen molar-refractivity contribution in [2.45, 2.75) is 50.6 Å². The number of aromatic nitrogens is 1. The third-order valence-electron chi connectivity index (χ3n) is 3.64. The van der Waals surface area contributed by atoms with E-state index >= 15 is 0 Å². The van der Waals surface area contributed by atoms with Gasteiger partial charge in [0.15, 0.2) is 0 Å². The second kappa shape index (κ2) is 6.74. The summed E-state index contributed by atoms with van der Waals surface area (Å²) >= 11 is 0. The van der Waals surface area contributed by atoms with Crippen LogP contribution in [0, 0.1) is 5.92 Å². The van der Waals surface area contributed by atoms with Gasteiger partial charge in [0.05, 0.1) is 4.90 Å². The molecule has 2 rings (SSSR count). The molecule has 6 heteroatoms. The van der Waals surface area contributed by atoms with Crippen molar-refractivity contribution in [1.82, 2.24) is 14.6 Å². The largest absolute Gasteiger partial charge is 0.349 e. The standard InChI is InChI=1S/C14H25N3O2S/c1-3-8-17-11-14(9-13(17)10-15-2)20(18,19)16-7-6-12-4-5-12/h9,11-12,15-16H,3-8,10H2,1-2H3. The molecule has 5 nitrogen and oxygen atoms in total. The van der Waals surface area contributed by atoms with Crippen molar-refractivity contribution in [1.29, 1.82) is 0 Å². The molecule has 1 aliphatic carbocycles. The highest BCUT2D eigenvalue weighted by Crippen LogP contribution is 2.31. The summed E-state index contributed by atoms with van der Waals surface area (Å²) in [4.78, 5) is 0.381. The monoisotopic (exact) mass is 299 g/mol. The molecule has 1 fully saturated rings. The fourth-order valence-electron chi connectivity index (χ4n) is 2.34. The van der Waals surface area contributed by atoms with Crippen LogP contribution in [0.15, 0.2) is 17.2 Å². The van der Waals surface area contributed by atoms with Crippen molar-refractivity contribution < 1.29 is 8.42 Å². The lowest BCUT2D eigenvalue weighted by Gasteiger charge is -2.06. The number of aryl methyl sites for hydroxylation is 1. The molecular weight excluding hydrogens is 274 g/mol. The van der Waals surface area contributed by atoms with Gasteiger partial charge in [-0.2, -0.15) is 0 Å². The molecule has 1 aliphatic rings. The molecule has 2 N–H and O–H groups in total. The first kappa shape index (κ1) is 15.5. The number of nitrogens with zero attached hydrogens (tertiary/aromatic N) is 1. The summed E-state index contributed by atoms with van der Waals surface area (Å²) in [5.74, 6) is 0.738. The highest BCUT2D eigenvalue weighted by molar-refractivity contribution is 7.89. The van der Waals surface area contributed by atoms with Gasteiger partial charge in [0.2, 0.25) is 10.0 Å². The molecule has 0 saturated heterocycles. The Bertz CT molecular complexity index is 509. The van der Waals surface area contributed by atoms with Crippen LogP contribution in [0.25, 0.3) is 0 Å². The van der Waals surface area contributed by atoms with Crippen LogP contribution in [0.4, 0.5) is 0 Å². The first-order chi connectivity index (χ1) is 9.56. The average molecular weight is 299 g/mol. The number of nitrogens with one attached hydrogen (secondary N) is 2. The third-order valence-corrected chi connectivity index (χ3v) is 5.06. The van der Waals surface area contributed by atoms with Crippen molar-refractivity contribution in [3.05, 3.63) is 18.0 Å². The van der Waals surface area contributed by atoms with Gasteiger partial charge in [-0.1, -0.05) is 19.8 Å². The topological polar surface area (TPSA) is 63.1 Å². The molecule has 1 heterocycles. The van der Waals surface area contributed by atoms with Gasteiger partial charge in [-0.05, 0) is 31.9 Å².